The van der Waals surface area contributed by atoms with Crippen molar-refractivity contribution in [3.8, 4) is 6.07 Å². The molecule has 0 aliphatic carbocycles. The zero-order valence-corrected chi connectivity index (χ0v) is 21.8. The summed E-state index contributed by atoms with van der Waals surface area (Å²) in [5.74, 6) is -1.77. The van der Waals surface area contributed by atoms with Gasteiger partial charge in [0.15, 0.2) is 0 Å². The molecule has 4 heterocycles. The van der Waals surface area contributed by atoms with Crippen LogP contribution in [0.2, 0.25) is 0 Å². The second-order valence-electron chi connectivity index (χ2n) is 10.4. The summed E-state index contributed by atoms with van der Waals surface area (Å²) in [7, 11) is 1.37. The molecule has 2 N–H and O–H groups in total. The predicted octanol–water partition coefficient (Wildman–Crippen LogP) is 4.21. The molecule has 0 radical (unpaired) electrons. The Morgan fingerprint density at radius 3 is 2.67 bits per heavy atom. The maximum atomic E-state index is 13.9. The van der Waals surface area contributed by atoms with Gasteiger partial charge in [0.1, 0.15) is 23.1 Å². The number of H-pyrrole nitrogens is 1. The van der Waals surface area contributed by atoms with Gasteiger partial charge in [0, 0.05) is 37.3 Å². The highest BCUT2D eigenvalue weighted by molar-refractivity contribution is 6.08. The molecule has 3 amide bonds. The maximum Gasteiger partial charge on any atom is 0.417 e. The molecule has 3 aromatic rings. The van der Waals surface area contributed by atoms with Gasteiger partial charge in [-0.3, -0.25) is 14.4 Å². The molecule has 9 nitrogen and oxygen atoms in total. The Morgan fingerprint density at radius 2 is 2.00 bits per heavy atom. The SMILES string of the molecule is CC(C)/C=C(/C(=O)N1C[C@]2(C[C@H]1C#N)C(=O)Nc1ccccc12)N(C)C(=O)c1cc2cc(C(F)(F)F)cnc2[nH]1. The van der Waals surface area contributed by atoms with Crippen LogP contribution in [0.15, 0.2) is 54.4 Å². The van der Waals surface area contributed by atoms with Crippen LogP contribution in [-0.2, 0) is 21.2 Å². The molecule has 2 aromatic heterocycles. The average Bonchev–Trinajstić information content (AvgIpc) is 3.59. The first-order chi connectivity index (χ1) is 18.9. The number of hydrogen-bond acceptors (Lipinski definition) is 5. The van der Waals surface area contributed by atoms with Gasteiger partial charge in [-0.15, -0.1) is 0 Å². The minimum atomic E-state index is -4.60. The number of nitrogens with one attached hydrogen (secondary N) is 2. The zero-order chi connectivity index (χ0) is 29.0. The lowest BCUT2D eigenvalue weighted by Gasteiger charge is -2.27. The normalized spacial score (nSPS) is 20.6. The summed E-state index contributed by atoms with van der Waals surface area (Å²) >= 11 is 0. The molecule has 5 rings (SSSR count). The second kappa shape index (κ2) is 9.51. The summed E-state index contributed by atoms with van der Waals surface area (Å²) in [5.41, 5.74) is -0.718. The minimum absolute atomic E-state index is 0.0217. The van der Waals surface area contributed by atoms with E-state index in [9.17, 15) is 32.8 Å². The van der Waals surface area contributed by atoms with Gasteiger partial charge >= 0.3 is 6.18 Å². The first-order valence-corrected chi connectivity index (χ1v) is 12.5. The molecule has 12 heteroatoms. The molecular weight excluding hydrogens is 525 g/mol. The van der Waals surface area contributed by atoms with Crippen LogP contribution < -0.4 is 5.32 Å². The summed E-state index contributed by atoms with van der Waals surface area (Å²) in [4.78, 5) is 49.4. The van der Waals surface area contributed by atoms with Crippen molar-refractivity contribution in [3.63, 3.8) is 0 Å². The molecule has 2 aliphatic rings. The standard InChI is InChI=1S/C28H25F3N6O3/c1-15(2)8-22(36(3)24(38)21-10-16-9-17(28(29,30)31)13-33-23(16)34-21)25(39)37-14-27(11-18(37)12-32)19-6-4-5-7-20(19)35-26(27)40/h4-10,13,15,18H,11,14H2,1-3H3,(H,33,34)(H,35,40)/b22-8-/t18-,27-/m0/s1. The molecule has 0 unspecified atom stereocenters. The number of allylic oxidation sites excluding steroid dienone is 1. The van der Waals surface area contributed by atoms with Gasteiger partial charge in [-0.25, -0.2) is 4.98 Å². The minimum Gasteiger partial charge on any atom is -0.335 e. The summed E-state index contributed by atoms with van der Waals surface area (Å²) in [5, 5.41) is 12.9. The van der Waals surface area contributed by atoms with Crippen molar-refractivity contribution in [2.75, 3.05) is 18.9 Å². The van der Waals surface area contributed by atoms with Crippen LogP contribution in [0.3, 0.4) is 0 Å². The number of alkyl halides is 3. The van der Waals surface area contributed by atoms with Crippen LogP contribution in [0, 0.1) is 17.2 Å². The number of amides is 3. The maximum absolute atomic E-state index is 13.9. The summed E-state index contributed by atoms with van der Waals surface area (Å²) in [6.45, 7) is 3.57. The van der Waals surface area contributed by atoms with E-state index in [4.69, 9.17) is 0 Å². The van der Waals surface area contributed by atoms with Crippen LogP contribution in [0.1, 0.15) is 41.9 Å². The fourth-order valence-corrected chi connectivity index (χ4v) is 5.33. The molecule has 0 bridgehead atoms. The first-order valence-electron chi connectivity index (χ1n) is 12.5. The number of likely N-dealkylation sites (N-methyl/N-ethyl adjacent to an activating group) is 1. The Labute approximate surface area is 227 Å². The van der Waals surface area contributed by atoms with E-state index >= 15 is 0 Å². The lowest BCUT2D eigenvalue weighted by molar-refractivity contribution is -0.137. The highest BCUT2D eigenvalue weighted by Gasteiger charge is 2.56. The van der Waals surface area contributed by atoms with Gasteiger partial charge in [0.2, 0.25) is 5.91 Å². The third-order valence-corrected chi connectivity index (χ3v) is 7.30. The third-order valence-electron chi connectivity index (χ3n) is 7.30. The van der Waals surface area contributed by atoms with Gasteiger partial charge in [-0.2, -0.15) is 18.4 Å². The number of carbonyl (C=O) groups is 3. The third kappa shape index (κ3) is 4.37. The summed E-state index contributed by atoms with van der Waals surface area (Å²) < 4.78 is 39.4. The number of hydrogen-bond donors (Lipinski definition) is 2. The largest absolute Gasteiger partial charge is 0.417 e. The van der Waals surface area contributed by atoms with Crippen LogP contribution in [0.5, 0.6) is 0 Å². The van der Waals surface area contributed by atoms with Crippen LogP contribution in [-0.4, -0.2) is 57.1 Å². The number of para-hydroxylation sites is 1. The monoisotopic (exact) mass is 550 g/mol. The van der Waals surface area contributed by atoms with E-state index < -0.39 is 35.0 Å². The lowest BCUT2D eigenvalue weighted by atomic mass is 9.80. The highest BCUT2D eigenvalue weighted by atomic mass is 19.4. The van der Waals surface area contributed by atoms with Gasteiger partial charge < -0.3 is 20.1 Å². The fourth-order valence-electron chi connectivity index (χ4n) is 5.33. The zero-order valence-electron chi connectivity index (χ0n) is 21.8. The lowest BCUT2D eigenvalue weighted by Crippen LogP contribution is -2.44. The number of nitriles is 1. The van der Waals surface area contributed by atoms with Gasteiger partial charge in [-0.1, -0.05) is 38.1 Å². The first kappa shape index (κ1) is 26.9. The number of nitrogens with zero attached hydrogens (tertiary/aromatic N) is 4. The molecule has 1 fully saturated rings. The number of pyridine rings is 1. The number of rotatable bonds is 4. The Morgan fingerprint density at radius 1 is 1.27 bits per heavy atom. The molecule has 40 heavy (non-hydrogen) atoms. The van der Waals surface area contributed by atoms with E-state index in [1.165, 1.54) is 18.0 Å². The van der Waals surface area contributed by atoms with Crippen LogP contribution in [0.4, 0.5) is 18.9 Å². The van der Waals surface area contributed by atoms with E-state index in [0.29, 0.717) is 17.4 Å². The molecule has 1 aromatic carbocycles. The Kier molecular flexibility index (Phi) is 6.40. The van der Waals surface area contributed by atoms with Crippen molar-refractivity contribution >= 4 is 34.4 Å². The number of benzene rings is 1. The topological polar surface area (TPSA) is 122 Å². The number of likely N-dealkylation sites (tertiary alicyclic amines) is 1. The van der Waals surface area contributed by atoms with Crippen molar-refractivity contribution in [2.24, 2.45) is 5.92 Å². The number of fused-ring (bicyclic) bond motifs is 3. The predicted molar refractivity (Wildman–Crippen MR) is 139 cm³/mol. The van der Waals surface area contributed by atoms with E-state index in [1.54, 1.807) is 30.3 Å². The number of aromatic amines is 1. The van der Waals surface area contributed by atoms with Crippen molar-refractivity contribution in [3.05, 3.63) is 71.2 Å². The Hall–Kier alpha value is -4.66. The second-order valence-corrected chi connectivity index (χ2v) is 10.4. The molecule has 1 saturated heterocycles. The number of anilines is 1. The smallest absolute Gasteiger partial charge is 0.335 e. The van der Waals surface area contributed by atoms with Crippen LogP contribution >= 0.6 is 0 Å². The van der Waals surface area contributed by atoms with Gasteiger partial charge in [0.25, 0.3) is 11.8 Å². The molecule has 2 atom stereocenters. The van der Waals surface area contributed by atoms with E-state index in [-0.39, 0.29) is 47.2 Å². The highest BCUT2D eigenvalue weighted by Crippen LogP contribution is 2.46. The average molecular weight is 551 g/mol. The van der Waals surface area contributed by atoms with E-state index in [2.05, 4.69) is 21.4 Å². The fraction of sp³-hybridized carbons (Fsp3) is 0.321. The molecule has 206 valence electrons. The van der Waals surface area contributed by atoms with Crippen molar-refractivity contribution in [2.45, 2.75) is 37.9 Å². The number of carbonyl (C=O) groups excluding carboxylic acids is 3. The number of halogens is 3. The van der Waals surface area contributed by atoms with Crippen LogP contribution in [0.25, 0.3) is 11.0 Å². The Balaban J connectivity index is 1.47. The van der Waals surface area contributed by atoms with E-state index in [0.717, 1.165) is 11.0 Å². The molecule has 1 spiro atoms. The quantitative estimate of drug-likeness (QED) is 0.472. The summed E-state index contributed by atoms with van der Waals surface area (Å²) in [6, 6.07) is 10.5. The Bertz CT molecular complexity index is 1620. The van der Waals surface area contributed by atoms with Crippen molar-refractivity contribution < 1.29 is 27.6 Å². The van der Waals surface area contributed by atoms with E-state index in [1.807, 2.05) is 13.8 Å². The molecule has 2 aliphatic heterocycles. The van der Waals surface area contributed by atoms with Gasteiger partial charge in [-0.05, 0) is 29.7 Å². The number of aromatic nitrogens is 2. The van der Waals surface area contributed by atoms with Gasteiger partial charge in [0.05, 0.1) is 17.0 Å². The van der Waals surface area contributed by atoms with Crippen molar-refractivity contribution in [1.82, 2.24) is 19.8 Å². The molecule has 0 saturated carbocycles. The molecular formula is C28H25F3N6O3. The summed E-state index contributed by atoms with van der Waals surface area (Å²) in [6.07, 6.45) is -2.25. The van der Waals surface area contributed by atoms with Crippen molar-refractivity contribution in [1.29, 1.82) is 5.26 Å².